The van der Waals surface area contributed by atoms with E-state index in [0.717, 1.165) is 0 Å². The van der Waals surface area contributed by atoms with E-state index in [0.29, 0.717) is 21.9 Å². The molecule has 0 heterocycles. The zero-order chi connectivity index (χ0) is 21.3. The number of hydrogen-bond acceptors (Lipinski definition) is 7. The second kappa shape index (κ2) is 7.67. The first-order chi connectivity index (χ1) is 13.9. The highest BCUT2D eigenvalue weighted by atomic mass is 16.5. The first kappa shape index (κ1) is 19.9. The predicted molar refractivity (Wildman–Crippen MR) is 106 cm³/mol. The highest BCUT2D eigenvalue weighted by Gasteiger charge is 2.22. The van der Waals surface area contributed by atoms with E-state index in [1.54, 1.807) is 12.1 Å². The van der Waals surface area contributed by atoms with Crippen molar-refractivity contribution in [3.05, 3.63) is 35.9 Å². The van der Waals surface area contributed by atoms with Crippen LogP contribution < -0.4 is 18.9 Å². The van der Waals surface area contributed by atoms with Crippen molar-refractivity contribution in [3.63, 3.8) is 0 Å². The van der Waals surface area contributed by atoms with Crippen molar-refractivity contribution >= 4 is 16.7 Å². The molecule has 152 valence electrons. The Morgan fingerprint density at radius 3 is 1.79 bits per heavy atom. The quantitative estimate of drug-likeness (QED) is 0.574. The molecule has 0 unspecified atom stereocenters. The summed E-state index contributed by atoms with van der Waals surface area (Å²) < 4.78 is 21.0. The fourth-order valence-corrected chi connectivity index (χ4v) is 3.23. The van der Waals surface area contributed by atoms with Crippen LogP contribution in [0.2, 0.25) is 0 Å². The fourth-order valence-electron chi connectivity index (χ4n) is 3.23. The molecule has 3 aromatic carbocycles. The Balaban J connectivity index is 2.49. The highest BCUT2D eigenvalue weighted by molar-refractivity contribution is 6.07. The fraction of sp³-hybridized carbons (Fsp3) is 0.190. The summed E-state index contributed by atoms with van der Waals surface area (Å²) in [6.45, 7) is 0. The number of methoxy groups -OCH3 is 4. The normalized spacial score (nSPS) is 10.6. The van der Waals surface area contributed by atoms with Crippen LogP contribution in [0.5, 0.6) is 34.5 Å². The van der Waals surface area contributed by atoms with Gasteiger partial charge in [0.1, 0.15) is 0 Å². The molecule has 0 aliphatic carbocycles. The van der Waals surface area contributed by atoms with E-state index in [1.807, 2.05) is 0 Å². The number of phenols is 2. The first-order valence-corrected chi connectivity index (χ1v) is 8.46. The Kier molecular flexibility index (Phi) is 5.27. The smallest absolute Gasteiger partial charge is 0.335 e. The van der Waals surface area contributed by atoms with E-state index >= 15 is 0 Å². The Hall–Kier alpha value is -3.81. The van der Waals surface area contributed by atoms with E-state index in [4.69, 9.17) is 18.9 Å². The first-order valence-electron chi connectivity index (χ1n) is 8.46. The van der Waals surface area contributed by atoms with Crippen LogP contribution in [0.25, 0.3) is 21.9 Å². The molecule has 0 atom stereocenters. The summed E-state index contributed by atoms with van der Waals surface area (Å²) in [5.74, 6) is -0.980. The minimum Gasteiger partial charge on any atom is -0.502 e. The lowest BCUT2D eigenvalue weighted by Crippen LogP contribution is -2.00. The van der Waals surface area contributed by atoms with Crippen LogP contribution in [0.3, 0.4) is 0 Å². The highest BCUT2D eigenvalue weighted by Crippen LogP contribution is 2.48. The molecule has 3 aromatic rings. The van der Waals surface area contributed by atoms with E-state index in [-0.39, 0.29) is 40.1 Å². The molecule has 0 spiro atoms. The standard InChI is InChI=1S/C21H20O8/c1-26-14-7-10(8-15(27-2)18(14)22)13-6-12(21(24)25)5-11-9-16(28-3)19(23)20(29-4)17(11)13/h5-9,22-23H,1-4H3,(H,24,25). The van der Waals surface area contributed by atoms with Gasteiger partial charge in [-0.15, -0.1) is 0 Å². The number of benzene rings is 3. The second-order valence-corrected chi connectivity index (χ2v) is 6.12. The summed E-state index contributed by atoms with van der Waals surface area (Å²) in [4.78, 5) is 11.7. The molecular weight excluding hydrogens is 380 g/mol. The van der Waals surface area contributed by atoms with Gasteiger partial charge in [-0.3, -0.25) is 0 Å². The number of phenolic OH excluding ortho intramolecular Hbond substituents is 2. The molecule has 0 aliphatic heterocycles. The van der Waals surface area contributed by atoms with Gasteiger partial charge >= 0.3 is 5.97 Å². The number of ether oxygens (including phenoxy) is 4. The summed E-state index contributed by atoms with van der Waals surface area (Å²) in [5.41, 5.74) is 0.951. The molecule has 3 N–H and O–H groups in total. The molecule has 3 rings (SSSR count). The molecule has 0 radical (unpaired) electrons. The molecular formula is C21H20O8. The van der Waals surface area contributed by atoms with Gasteiger partial charge < -0.3 is 34.3 Å². The molecule has 0 saturated carbocycles. The number of aromatic carboxylic acids is 1. The molecule has 8 heteroatoms. The van der Waals surface area contributed by atoms with E-state index in [1.165, 1.54) is 46.6 Å². The maximum Gasteiger partial charge on any atom is 0.335 e. The third-order valence-electron chi connectivity index (χ3n) is 4.59. The zero-order valence-electron chi connectivity index (χ0n) is 16.3. The van der Waals surface area contributed by atoms with Crippen molar-refractivity contribution in [2.75, 3.05) is 28.4 Å². The lowest BCUT2D eigenvalue weighted by Gasteiger charge is -2.17. The summed E-state index contributed by atoms with van der Waals surface area (Å²) in [7, 11) is 5.56. The van der Waals surface area contributed by atoms with Gasteiger partial charge in [0.2, 0.25) is 11.5 Å². The van der Waals surface area contributed by atoms with Crippen molar-refractivity contribution in [2.45, 2.75) is 0 Å². The Bertz CT molecular complexity index is 1080. The largest absolute Gasteiger partial charge is 0.502 e. The predicted octanol–water partition coefficient (Wildman–Crippen LogP) is 3.65. The zero-order valence-corrected chi connectivity index (χ0v) is 16.3. The molecule has 0 aliphatic rings. The maximum atomic E-state index is 11.7. The summed E-state index contributed by atoms with van der Waals surface area (Å²) >= 11 is 0. The van der Waals surface area contributed by atoms with Gasteiger partial charge in [0, 0.05) is 5.39 Å². The molecule has 29 heavy (non-hydrogen) atoms. The van der Waals surface area contributed by atoms with E-state index in [2.05, 4.69) is 0 Å². The van der Waals surface area contributed by atoms with Crippen molar-refractivity contribution in [1.82, 2.24) is 0 Å². The number of carboxylic acid groups (broad SMARTS) is 1. The van der Waals surface area contributed by atoms with Crippen LogP contribution in [-0.4, -0.2) is 49.7 Å². The summed E-state index contributed by atoms with van der Waals surface area (Å²) in [5, 5.41) is 31.2. The van der Waals surface area contributed by atoms with E-state index < -0.39 is 5.97 Å². The lowest BCUT2D eigenvalue weighted by atomic mass is 9.93. The third kappa shape index (κ3) is 3.29. The van der Waals surface area contributed by atoms with E-state index in [9.17, 15) is 20.1 Å². The average molecular weight is 400 g/mol. The molecule has 0 saturated heterocycles. The lowest BCUT2D eigenvalue weighted by molar-refractivity contribution is 0.0697. The van der Waals surface area contributed by atoms with Crippen LogP contribution in [0, 0.1) is 0 Å². The summed E-state index contributed by atoms with van der Waals surface area (Å²) in [6, 6.07) is 7.51. The number of aromatic hydroxyl groups is 2. The Labute approximate surface area is 166 Å². The van der Waals surface area contributed by atoms with Crippen LogP contribution in [-0.2, 0) is 0 Å². The minimum absolute atomic E-state index is 0.0216. The van der Waals surface area contributed by atoms with Gasteiger partial charge in [0.15, 0.2) is 23.0 Å². The SMILES string of the molecule is COc1cc(-c2cc(C(=O)O)cc3cc(OC)c(O)c(OC)c23)cc(OC)c1O. The molecule has 0 fully saturated rings. The van der Waals surface area contributed by atoms with Crippen molar-refractivity contribution < 1.29 is 39.1 Å². The van der Waals surface area contributed by atoms with Gasteiger partial charge in [0.25, 0.3) is 0 Å². The van der Waals surface area contributed by atoms with Crippen LogP contribution in [0.1, 0.15) is 10.4 Å². The summed E-state index contributed by atoms with van der Waals surface area (Å²) in [6.07, 6.45) is 0. The molecule has 0 bridgehead atoms. The third-order valence-corrected chi connectivity index (χ3v) is 4.59. The number of carboxylic acids is 1. The molecule has 0 amide bonds. The molecule has 0 aromatic heterocycles. The Morgan fingerprint density at radius 2 is 1.31 bits per heavy atom. The number of fused-ring (bicyclic) bond motifs is 1. The monoisotopic (exact) mass is 400 g/mol. The maximum absolute atomic E-state index is 11.7. The second-order valence-electron chi connectivity index (χ2n) is 6.12. The van der Waals surface area contributed by atoms with Crippen LogP contribution >= 0.6 is 0 Å². The average Bonchev–Trinajstić information content (AvgIpc) is 2.72. The number of rotatable bonds is 6. The van der Waals surface area contributed by atoms with Crippen molar-refractivity contribution in [3.8, 4) is 45.6 Å². The number of carbonyl (C=O) groups is 1. The molecule has 8 nitrogen and oxygen atoms in total. The van der Waals surface area contributed by atoms with Gasteiger partial charge in [0.05, 0.1) is 34.0 Å². The van der Waals surface area contributed by atoms with Gasteiger partial charge in [-0.25, -0.2) is 4.79 Å². The van der Waals surface area contributed by atoms with Crippen LogP contribution in [0.15, 0.2) is 30.3 Å². The minimum atomic E-state index is -1.13. The number of hydrogen-bond donors (Lipinski definition) is 3. The van der Waals surface area contributed by atoms with Crippen molar-refractivity contribution in [1.29, 1.82) is 0 Å². The van der Waals surface area contributed by atoms with Gasteiger partial charge in [-0.05, 0) is 46.8 Å². The topological polar surface area (TPSA) is 115 Å². The van der Waals surface area contributed by atoms with Gasteiger partial charge in [-0.2, -0.15) is 0 Å². The van der Waals surface area contributed by atoms with Gasteiger partial charge in [-0.1, -0.05) is 0 Å². The van der Waals surface area contributed by atoms with Crippen molar-refractivity contribution in [2.24, 2.45) is 0 Å². The van der Waals surface area contributed by atoms with Crippen LogP contribution in [0.4, 0.5) is 0 Å². The Morgan fingerprint density at radius 1 is 0.759 bits per heavy atom.